The fraction of sp³-hybridized carbons (Fsp3) is 0.609. The number of anilines is 1. The van der Waals surface area contributed by atoms with Crippen LogP contribution in [0.2, 0.25) is 0 Å². The van der Waals surface area contributed by atoms with E-state index in [2.05, 4.69) is 10.3 Å². The Kier molecular flexibility index (Phi) is 7.19. The van der Waals surface area contributed by atoms with Gasteiger partial charge in [0.05, 0.1) is 6.07 Å². The summed E-state index contributed by atoms with van der Waals surface area (Å²) in [4.78, 5) is 44.8. The highest BCUT2D eigenvalue weighted by Gasteiger charge is 2.29. The summed E-state index contributed by atoms with van der Waals surface area (Å²) in [5.41, 5.74) is -0.114. The lowest BCUT2D eigenvalue weighted by atomic mass is 10.1. The molecular formula is C23H33N7O4. The maximum Gasteiger partial charge on any atom is 0.407 e. The van der Waals surface area contributed by atoms with Gasteiger partial charge in [0, 0.05) is 32.7 Å². The van der Waals surface area contributed by atoms with Crippen molar-refractivity contribution in [1.82, 2.24) is 24.0 Å². The zero-order chi connectivity index (χ0) is 25.2. The predicted octanol–water partition coefficient (Wildman–Crippen LogP) is 1.88. The van der Waals surface area contributed by atoms with Crippen molar-refractivity contribution in [2.45, 2.75) is 72.2 Å². The van der Waals surface area contributed by atoms with Gasteiger partial charge in [0.1, 0.15) is 12.1 Å². The van der Waals surface area contributed by atoms with Crippen LogP contribution in [0.3, 0.4) is 0 Å². The molecule has 2 aromatic heterocycles. The Balaban J connectivity index is 2.07. The third kappa shape index (κ3) is 5.32. The Hall–Kier alpha value is -3.55. The molecule has 0 radical (unpaired) electrons. The third-order valence-electron chi connectivity index (χ3n) is 5.55. The fourth-order valence-corrected chi connectivity index (χ4v) is 4.00. The predicted molar refractivity (Wildman–Crippen MR) is 129 cm³/mol. The van der Waals surface area contributed by atoms with Crippen molar-refractivity contribution in [3.63, 3.8) is 0 Å². The number of imidazole rings is 1. The van der Waals surface area contributed by atoms with Gasteiger partial charge in [0.15, 0.2) is 11.2 Å². The van der Waals surface area contributed by atoms with Crippen LogP contribution in [-0.4, -0.2) is 49.5 Å². The molecule has 0 bridgehead atoms. The largest absolute Gasteiger partial charge is 0.444 e. The maximum absolute atomic E-state index is 13.1. The first-order valence-corrected chi connectivity index (χ1v) is 11.4. The molecule has 0 spiro atoms. The second kappa shape index (κ2) is 9.75. The molecule has 0 saturated carbocycles. The van der Waals surface area contributed by atoms with E-state index in [1.54, 1.807) is 4.57 Å². The van der Waals surface area contributed by atoms with Gasteiger partial charge in [-0.2, -0.15) is 10.2 Å². The lowest BCUT2D eigenvalue weighted by Gasteiger charge is -2.34. The molecule has 1 N–H and O–H groups in total. The average Bonchev–Trinajstić information content (AvgIpc) is 3.12. The molecule has 1 amide bonds. The van der Waals surface area contributed by atoms with Gasteiger partial charge in [-0.1, -0.05) is 11.6 Å². The molecule has 3 heterocycles. The number of hydrogen-bond donors (Lipinski definition) is 1. The number of carbonyl (C=O) groups is 1. The molecule has 1 atom stereocenters. The maximum atomic E-state index is 13.1. The second-order valence-corrected chi connectivity index (χ2v) is 9.80. The zero-order valence-electron chi connectivity index (χ0n) is 20.7. The standard InChI is InChI=1S/C23H33N7O4/c1-15(2)9-12-29-17-18(30(13-10-24)22(33)27(6)19(17)31)26-20(29)28-11-7-8-16(14-28)25-21(32)34-23(3,4)5/h9,16H,7-8,11-14H2,1-6H3,(H,25,32). The van der Waals surface area contributed by atoms with E-state index in [0.717, 1.165) is 23.0 Å². The number of fused-ring (bicyclic) bond motifs is 1. The highest BCUT2D eigenvalue weighted by molar-refractivity contribution is 5.75. The SMILES string of the molecule is CC(C)=CCn1c(N2CCCC(NC(=O)OC(C)(C)C)C2)nc2c1c(=O)n(C)c(=O)n2CC#N. The van der Waals surface area contributed by atoms with Crippen molar-refractivity contribution >= 4 is 23.2 Å². The molecule has 2 aromatic rings. The minimum absolute atomic E-state index is 0.163. The van der Waals surface area contributed by atoms with Gasteiger partial charge < -0.3 is 19.5 Å². The van der Waals surface area contributed by atoms with Crippen LogP contribution in [0, 0.1) is 11.3 Å². The lowest BCUT2D eigenvalue weighted by molar-refractivity contribution is 0.0500. The molecule has 1 fully saturated rings. The zero-order valence-corrected chi connectivity index (χ0v) is 20.7. The number of rotatable bonds is 5. The van der Waals surface area contributed by atoms with Crippen LogP contribution >= 0.6 is 0 Å². The van der Waals surface area contributed by atoms with Crippen LogP contribution in [0.25, 0.3) is 11.2 Å². The molecule has 34 heavy (non-hydrogen) atoms. The van der Waals surface area contributed by atoms with Gasteiger partial charge in [0.2, 0.25) is 5.95 Å². The highest BCUT2D eigenvalue weighted by atomic mass is 16.6. The smallest absolute Gasteiger partial charge is 0.407 e. The molecule has 1 aliphatic heterocycles. The Morgan fingerprint density at radius 1 is 1.29 bits per heavy atom. The van der Waals surface area contributed by atoms with Gasteiger partial charge >= 0.3 is 11.8 Å². The van der Waals surface area contributed by atoms with E-state index < -0.39 is 22.9 Å². The van der Waals surface area contributed by atoms with E-state index in [4.69, 9.17) is 4.74 Å². The Labute approximate surface area is 198 Å². The molecule has 11 heteroatoms. The molecule has 1 aliphatic rings. The first kappa shape index (κ1) is 25.1. The summed E-state index contributed by atoms with van der Waals surface area (Å²) in [6, 6.07) is 1.82. The topological polar surface area (TPSA) is 127 Å². The van der Waals surface area contributed by atoms with Crippen LogP contribution < -0.4 is 21.5 Å². The van der Waals surface area contributed by atoms with Crippen molar-refractivity contribution in [3.8, 4) is 6.07 Å². The molecule has 1 unspecified atom stereocenters. The van der Waals surface area contributed by atoms with Gasteiger partial charge in [-0.3, -0.25) is 13.9 Å². The van der Waals surface area contributed by atoms with E-state index >= 15 is 0 Å². The molecular weight excluding hydrogens is 438 g/mol. The monoisotopic (exact) mass is 471 g/mol. The molecule has 11 nitrogen and oxygen atoms in total. The summed E-state index contributed by atoms with van der Waals surface area (Å²) in [6.07, 6.45) is 3.08. The number of hydrogen-bond acceptors (Lipinski definition) is 7. The van der Waals surface area contributed by atoms with Crippen molar-refractivity contribution in [2.24, 2.45) is 7.05 Å². The van der Waals surface area contributed by atoms with Crippen molar-refractivity contribution in [2.75, 3.05) is 18.0 Å². The normalized spacial score (nSPS) is 16.3. The van der Waals surface area contributed by atoms with E-state index in [9.17, 15) is 19.6 Å². The van der Waals surface area contributed by atoms with E-state index in [1.165, 1.54) is 11.6 Å². The first-order chi connectivity index (χ1) is 15.9. The van der Waals surface area contributed by atoms with Crippen LogP contribution in [0.15, 0.2) is 21.2 Å². The molecule has 3 rings (SSSR count). The van der Waals surface area contributed by atoms with E-state index in [-0.39, 0.29) is 23.8 Å². The Morgan fingerprint density at radius 2 is 2.00 bits per heavy atom. The van der Waals surface area contributed by atoms with Gasteiger partial charge in [0.25, 0.3) is 5.56 Å². The van der Waals surface area contributed by atoms with Crippen LogP contribution in [0.1, 0.15) is 47.5 Å². The number of nitrogens with one attached hydrogen (secondary N) is 1. The van der Waals surface area contributed by atoms with Crippen molar-refractivity contribution < 1.29 is 9.53 Å². The van der Waals surface area contributed by atoms with Gasteiger partial charge in [-0.05, 0) is 47.5 Å². The van der Waals surface area contributed by atoms with Gasteiger partial charge in [-0.25, -0.2) is 9.59 Å². The number of aromatic nitrogens is 4. The lowest BCUT2D eigenvalue weighted by Crippen LogP contribution is -2.49. The summed E-state index contributed by atoms with van der Waals surface area (Å²) in [5, 5.41) is 12.2. The minimum Gasteiger partial charge on any atom is -0.444 e. The summed E-state index contributed by atoms with van der Waals surface area (Å²) < 4.78 is 9.41. The van der Waals surface area contributed by atoms with Crippen LogP contribution in [0.4, 0.5) is 10.7 Å². The Bertz CT molecular complexity index is 1270. The number of piperidine rings is 1. The Morgan fingerprint density at radius 3 is 2.62 bits per heavy atom. The van der Waals surface area contributed by atoms with Crippen molar-refractivity contribution in [3.05, 3.63) is 32.5 Å². The molecule has 0 aliphatic carbocycles. The molecule has 1 saturated heterocycles. The van der Waals surface area contributed by atoms with Gasteiger partial charge in [-0.15, -0.1) is 0 Å². The first-order valence-electron chi connectivity index (χ1n) is 11.4. The van der Waals surface area contributed by atoms with E-state index in [0.29, 0.717) is 25.6 Å². The summed E-state index contributed by atoms with van der Waals surface area (Å²) in [7, 11) is 1.40. The van der Waals surface area contributed by atoms with Crippen LogP contribution in [-0.2, 0) is 24.9 Å². The minimum atomic E-state index is -0.596. The number of carbonyl (C=O) groups excluding carboxylic acids is 1. The quantitative estimate of drug-likeness (QED) is 0.660. The highest BCUT2D eigenvalue weighted by Crippen LogP contribution is 2.24. The number of allylic oxidation sites excluding steroid dienone is 2. The third-order valence-corrected chi connectivity index (χ3v) is 5.55. The summed E-state index contributed by atoms with van der Waals surface area (Å²) in [5.74, 6) is 0.526. The average molecular weight is 472 g/mol. The second-order valence-electron chi connectivity index (χ2n) is 9.80. The molecule has 0 aromatic carbocycles. The number of ether oxygens (including phenoxy) is 1. The number of alkyl carbamates (subject to hydrolysis) is 1. The van der Waals surface area contributed by atoms with Crippen molar-refractivity contribution in [1.29, 1.82) is 5.26 Å². The van der Waals surface area contributed by atoms with Crippen LogP contribution in [0.5, 0.6) is 0 Å². The van der Waals surface area contributed by atoms with E-state index in [1.807, 2.05) is 51.7 Å². The summed E-state index contributed by atoms with van der Waals surface area (Å²) in [6.45, 7) is 10.7. The number of nitrogens with zero attached hydrogens (tertiary/aromatic N) is 6. The summed E-state index contributed by atoms with van der Waals surface area (Å²) >= 11 is 0. The fourth-order valence-electron chi connectivity index (χ4n) is 4.00. The number of nitriles is 1. The number of amides is 1. The molecule has 184 valence electrons.